The third-order valence-electron chi connectivity index (χ3n) is 1.97. The van der Waals surface area contributed by atoms with Crippen LogP contribution in [0.25, 0.3) is 0 Å². The molecule has 0 spiro atoms. The van der Waals surface area contributed by atoms with Crippen molar-refractivity contribution in [1.82, 2.24) is 9.97 Å². The Kier molecular flexibility index (Phi) is 4.59. The molecule has 0 aliphatic carbocycles. The summed E-state index contributed by atoms with van der Waals surface area (Å²) in [5.41, 5.74) is 0. The van der Waals surface area contributed by atoms with E-state index in [1.54, 1.807) is 0 Å². The molecular weight excluding hydrogens is 194 g/mol. The third kappa shape index (κ3) is 3.46. The number of nitrogens with one attached hydrogen (secondary N) is 2. The Morgan fingerprint density at radius 2 is 2.29 bits per heavy atom. The molecule has 0 aliphatic heterocycles. The summed E-state index contributed by atoms with van der Waals surface area (Å²) in [4.78, 5) is 7.40. The van der Waals surface area contributed by atoms with Gasteiger partial charge in [-0.2, -0.15) is 0 Å². The highest BCUT2D eigenvalue weighted by Gasteiger charge is 1.95. The third-order valence-corrected chi connectivity index (χ3v) is 2.18. The van der Waals surface area contributed by atoms with E-state index >= 15 is 0 Å². The minimum absolute atomic E-state index is 0.652. The molecule has 0 saturated heterocycles. The number of anilines is 1. The molecule has 0 atom stereocenters. The van der Waals surface area contributed by atoms with Crippen LogP contribution in [-0.2, 0) is 6.42 Å². The van der Waals surface area contributed by atoms with Gasteiger partial charge in [0, 0.05) is 19.0 Å². The summed E-state index contributed by atoms with van der Waals surface area (Å²) in [6, 6.07) is 1.87. The highest BCUT2D eigenvalue weighted by atomic mass is 32.1. The zero-order chi connectivity index (χ0) is 10.4. The first-order valence-electron chi connectivity index (χ1n) is 5.10. The van der Waals surface area contributed by atoms with Crippen LogP contribution in [-0.4, -0.2) is 16.5 Å². The van der Waals surface area contributed by atoms with E-state index in [9.17, 15) is 0 Å². The monoisotopic (exact) mass is 211 g/mol. The summed E-state index contributed by atoms with van der Waals surface area (Å²) in [5.74, 6) is 1.92. The van der Waals surface area contributed by atoms with Gasteiger partial charge < -0.3 is 10.3 Å². The smallest absolute Gasteiger partial charge is 0.131 e. The number of hydrogen-bond donors (Lipinski definition) is 2. The van der Waals surface area contributed by atoms with E-state index in [4.69, 9.17) is 12.2 Å². The highest BCUT2D eigenvalue weighted by Crippen LogP contribution is 2.04. The van der Waals surface area contributed by atoms with E-state index in [0.717, 1.165) is 24.6 Å². The van der Waals surface area contributed by atoms with Crippen molar-refractivity contribution in [2.24, 2.45) is 0 Å². The van der Waals surface area contributed by atoms with Gasteiger partial charge >= 0.3 is 0 Å². The second kappa shape index (κ2) is 5.75. The summed E-state index contributed by atoms with van der Waals surface area (Å²) in [7, 11) is 0. The molecule has 0 bridgehead atoms. The van der Waals surface area contributed by atoms with Gasteiger partial charge in [-0.3, -0.25) is 0 Å². The molecule has 0 aliphatic rings. The van der Waals surface area contributed by atoms with Crippen LogP contribution in [0, 0.1) is 4.64 Å². The van der Waals surface area contributed by atoms with Crippen molar-refractivity contribution in [2.75, 3.05) is 11.9 Å². The van der Waals surface area contributed by atoms with Crippen molar-refractivity contribution >= 4 is 18.0 Å². The normalized spacial score (nSPS) is 10.1. The number of nitrogens with zero attached hydrogens (tertiary/aromatic N) is 1. The molecular formula is C10H17N3S. The molecule has 1 rings (SSSR count). The predicted molar refractivity (Wildman–Crippen MR) is 62.2 cm³/mol. The zero-order valence-electron chi connectivity index (χ0n) is 8.76. The van der Waals surface area contributed by atoms with Crippen LogP contribution < -0.4 is 5.32 Å². The molecule has 1 heterocycles. The van der Waals surface area contributed by atoms with Crippen molar-refractivity contribution in [3.63, 3.8) is 0 Å². The summed E-state index contributed by atoms with van der Waals surface area (Å²) in [5, 5.41) is 3.30. The topological polar surface area (TPSA) is 40.7 Å². The number of hydrogen-bond acceptors (Lipinski definition) is 3. The molecule has 0 radical (unpaired) electrons. The molecule has 0 unspecified atom stereocenters. The number of rotatable bonds is 5. The average molecular weight is 211 g/mol. The second-order valence-corrected chi connectivity index (χ2v) is 3.63. The Balaban J connectivity index is 2.67. The van der Waals surface area contributed by atoms with Gasteiger partial charge in [-0.25, -0.2) is 4.98 Å². The Morgan fingerprint density at radius 1 is 1.50 bits per heavy atom. The number of H-pyrrole nitrogens is 1. The lowest BCUT2D eigenvalue weighted by Gasteiger charge is -2.06. The Hall–Kier alpha value is -0.900. The molecule has 14 heavy (non-hydrogen) atoms. The van der Waals surface area contributed by atoms with Crippen LogP contribution in [0.1, 0.15) is 32.5 Å². The lowest BCUT2D eigenvalue weighted by Crippen LogP contribution is -2.05. The Morgan fingerprint density at radius 3 is 2.93 bits per heavy atom. The predicted octanol–water partition coefficient (Wildman–Crippen LogP) is 2.91. The standard InChI is InChI=1S/C10H17N3S/c1-3-5-6-11-9-7-10(14)13-8(4-2)12-9/h7H,3-6H2,1-2H3,(H2,11,12,13,14). The summed E-state index contributed by atoms with van der Waals surface area (Å²) in [6.07, 6.45) is 3.25. The average Bonchev–Trinajstić information content (AvgIpc) is 2.17. The SMILES string of the molecule is CCCCNc1cc(=S)nc(CC)[nH]1. The summed E-state index contributed by atoms with van der Waals surface area (Å²) in [6.45, 7) is 5.21. The van der Waals surface area contributed by atoms with E-state index in [1.165, 1.54) is 12.8 Å². The van der Waals surface area contributed by atoms with Crippen LogP contribution in [0.5, 0.6) is 0 Å². The number of aromatic nitrogens is 2. The maximum absolute atomic E-state index is 5.06. The van der Waals surface area contributed by atoms with Gasteiger partial charge in [0.05, 0.1) is 0 Å². The van der Waals surface area contributed by atoms with Gasteiger partial charge in [0.1, 0.15) is 16.3 Å². The van der Waals surface area contributed by atoms with Crippen LogP contribution >= 0.6 is 12.2 Å². The molecule has 4 heteroatoms. The van der Waals surface area contributed by atoms with Crippen LogP contribution in [0.15, 0.2) is 6.07 Å². The summed E-state index contributed by atoms with van der Waals surface area (Å²) >= 11 is 5.06. The quantitative estimate of drug-likeness (QED) is 0.581. The molecule has 3 nitrogen and oxygen atoms in total. The van der Waals surface area contributed by atoms with Crippen molar-refractivity contribution in [3.8, 4) is 0 Å². The fourth-order valence-electron chi connectivity index (χ4n) is 1.17. The van der Waals surface area contributed by atoms with Crippen molar-refractivity contribution in [3.05, 3.63) is 16.5 Å². The lowest BCUT2D eigenvalue weighted by molar-refractivity contribution is 0.826. The minimum Gasteiger partial charge on any atom is -0.372 e. The van der Waals surface area contributed by atoms with Gasteiger partial charge in [-0.05, 0) is 6.42 Å². The van der Waals surface area contributed by atoms with E-state index in [0.29, 0.717) is 4.64 Å². The van der Waals surface area contributed by atoms with Crippen molar-refractivity contribution in [1.29, 1.82) is 0 Å². The minimum atomic E-state index is 0.652. The van der Waals surface area contributed by atoms with Crippen molar-refractivity contribution < 1.29 is 0 Å². The number of aromatic amines is 1. The maximum Gasteiger partial charge on any atom is 0.131 e. The van der Waals surface area contributed by atoms with E-state index in [-0.39, 0.29) is 0 Å². The zero-order valence-corrected chi connectivity index (χ0v) is 9.58. The fourth-order valence-corrected chi connectivity index (χ4v) is 1.40. The first-order chi connectivity index (χ1) is 6.76. The molecule has 1 aromatic heterocycles. The van der Waals surface area contributed by atoms with Crippen LogP contribution in [0.4, 0.5) is 5.82 Å². The van der Waals surface area contributed by atoms with Gasteiger partial charge in [0.25, 0.3) is 0 Å². The van der Waals surface area contributed by atoms with Crippen molar-refractivity contribution in [2.45, 2.75) is 33.1 Å². The van der Waals surface area contributed by atoms with Gasteiger partial charge in [0.2, 0.25) is 0 Å². The molecule has 0 aromatic carbocycles. The van der Waals surface area contributed by atoms with Crippen LogP contribution in [0.3, 0.4) is 0 Å². The Bertz CT molecular complexity index is 332. The second-order valence-electron chi connectivity index (χ2n) is 3.21. The fraction of sp³-hybridized carbons (Fsp3) is 0.600. The molecule has 0 saturated carbocycles. The van der Waals surface area contributed by atoms with Gasteiger partial charge in [0.15, 0.2) is 0 Å². The molecule has 2 N–H and O–H groups in total. The molecule has 78 valence electrons. The number of unbranched alkanes of at least 4 members (excludes halogenated alkanes) is 1. The maximum atomic E-state index is 5.06. The van der Waals surface area contributed by atoms with Gasteiger partial charge in [-0.1, -0.05) is 32.5 Å². The first-order valence-corrected chi connectivity index (χ1v) is 5.51. The highest BCUT2D eigenvalue weighted by molar-refractivity contribution is 7.71. The lowest BCUT2D eigenvalue weighted by atomic mass is 10.3. The van der Waals surface area contributed by atoms with E-state index in [2.05, 4.69) is 29.1 Å². The molecule has 0 fully saturated rings. The van der Waals surface area contributed by atoms with Gasteiger partial charge in [-0.15, -0.1) is 0 Å². The van der Waals surface area contributed by atoms with E-state index < -0.39 is 0 Å². The van der Waals surface area contributed by atoms with Crippen LogP contribution in [0.2, 0.25) is 0 Å². The number of aryl methyl sites for hydroxylation is 1. The molecule has 0 amide bonds. The van der Waals surface area contributed by atoms with E-state index in [1.807, 2.05) is 6.07 Å². The summed E-state index contributed by atoms with van der Waals surface area (Å²) < 4.78 is 0.652. The first kappa shape index (κ1) is 11.2. The molecule has 1 aromatic rings. The Labute approximate surface area is 90.0 Å². The largest absolute Gasteiger partial charge is 0.372 e.